The summed E-state index contributed by atoms with van der Waals surface area (Å²) < 4.78 is 13.0. The van der Waals surface area contributed by atoms with Gasteiger partial charge >= 0.3 is 22.7 Å². The fourth-order valence-electron chi connectivity index (χ4n) is 1.03. The molecule has 1 rings (SSSR count). The molecule has 1 aromatic rings. The minimum atomic E-state index is -1.41. The van der Waals surface area contributed by atoms with Gasteiger partial charge in [0.2, 0.25) is 10.9 Å². The van der Waals surface area contributed by atoms with Gasteiger partial charge in [-0.25, -0.2) is 9.59 Å². The standard InChI is InChI=1S/C10H13N3O5S/c1-10(2,3)18-9(16)7-12-6(13-19(7)11)5(14)8(15)17-4/h11H,1-4H3/p+1. The monoisotopic (exact) mass is 288 g/mol. The van der Waals surface area contributed by atoms with Gasteiger partial charge in [0.15, 0.2) is 0 Å². The third kappa shape index (κ3) is 3.80. The molecule has 1 heterocycles. The van der Waals surface area contributed by atoms with Gasteiger partial charge < -0.3 is 9.47 Å². The summed E-state index contributed by atoms with van der Waals surface area (Å²) in [6, 6.07) is 0. The van der Waals surface area contributed by atoms with E-state index in [1.165, 1.54) is 0 Å². The number of nitrogens with zero attached hydrogens (tertiary/aromatic N) is 2. The maximum absolute atomic E-state index is 11.8. The fourth-order valence-corrected chi connectivity index (χ4v) is 1.82. The normalized spacial score (nSPS) is 11.9. The van der Waals surface area contributed by atoms with E-state index in [1.54, 1.807) is 20.8 Å². The topological polar surface area (TPSA) is 121 Å². The summed E-state index contributed by atoms with van der Waals surface area (Å²) >= 11 is 0. The van der Waals surface area contributed by atoms with Crippen molar-refractivity contribution in [2.24, 2.45) is 0 Å². The second kappa shape index (κ2) is 5.41. The van der Waals surface area contributed by atoms with Crippen LogP contribution in [-0.2, 0) is 14.3 Å². The van der Waals surface area contributed by atoms with Crippen LogP contribution in [0, 0.1) is 0 Å². The molecular formula is C10H14N3O5S+. The smallest absolute Gasteiger partial charge is 0.417 e. The molecule has 0 aliphatic heterocycles. The summed E-state index contributed by atoms with van der Waals surface area (Å²) in [6.45, 7) is 5.03. The Morgan fingerprint density at radius 2 is 1.84 bits per heavy atom. The molecule has 0 amide bonds. The number of methoxy groups -OCH3 is 1. The molecule has 0 saturated heterocycles. The van der Waals surface area contributed by atoms with Crippen molar-refractivity contribution in [3.05, 3.63) is 10.8 Å². The zero-order valence-corrected chi connectivity index (χ0v) is 11.7. The number of rotatable bonds is 3. The molecule has 1 unspecified atom stereocenters. The van der Waals surface area contributed by atoms with Gasteiger partial charge in [-0.15, -0.1) is 5.14 Å². The predicted molar refractivity (Wildman–Crippen MR) is 66.2 cm³/mol. The van der Waals surface area contributed by atoms with Gasteiger partial charge in [-0.1, -0.05) is 0 Å². The molecular weight excluding hydrogens is 274 g/mol. The Kier molecular flexibility index (Phi) is 4.32. The summed E-state index contributed by atoms with van der Waals surface area (Å²) in [5.41, 5.74) is -0.723. The summed E-state index contributed by atoms with van der Waals surface area (Å²) in [7, 11) is -0.358. The molecule has 9 heteroatoms. The number of nitrogens with two attached hydrogens (primary N) is 1. The zero-order chi connectivity index (χ0) is 14.8. The van der Waals surface area contributed by atoms with E-state index >= 15 is 0 Å². The van der Waals surface area contributed by atoms with Crippen LogP contribution in [0.15, 0.2) is 0 Å². The Bertz CT molecular complexity index is 532. The average molecular weight is 288 g/mol. The van der Waals surface area contributed by atoms with Crippen LogP contribution >= 0.6 is 10.9 Å². The number of carbonyl (C=O) groups is 3. The summed E-state index contributed by atoms with van der Waals surface area (Å²) in [4.78, 5) is 37.9. The van der Waals surface area contributed by atoms with Crippen LogP contribution < -0.4 is 5.14 Å². The second-order valence-electron chi connectivity index (χ2n) is 4.47. The van der Waals surface area contributed by atoms with Crippen molar-refractivity contribution in [3.8, 4) is 0 Å². The number of hydrogen-bond acceptors (Lipinski definition) is 8. The van der Waals surface area contributed by atoms with Crippen LogP contribution in [0.2, 0.25) is 0 Å². The fraction of sp³-hybridized carbons (Fsp3) is 0.500. The van der Waals surface area contributed by atoms with Crippen LogP contribution in [0.4, 0.5) is 0 Å². The minimum Gasteiger partial charge on any atom is -0.463 e. The third-order valence-corrected chi connectivity index (χ3v) is 2.76. The average Bonchev–Trinajstić information content (AvgIpc) is 2.67. The van der Waals surface area contributed by atoms with Crippen LogP contribution in [0.5, 0.6) is 0 Å². The van der Waals surface area contributed by atoms with Gasteiger partial charge in [-0.2, -0.15) is 4.98 Å². The Hall–Kier alpha value is -1.87. The zero-order valence-electron chi connectivity index (χ0n) is 10.9. The van der Waals surface area contributed by atoms with Crippen LogP contribution in [0.25, 0.3) is 0 Å². The number of carbonyl (C=O) groups excluding carboxylic acids is 3. The number of aromatic nitrogens is 2. The lowest BCUT2D eigenvalue weighted by Crippen LogP contribution is -2.24. The van der Waals surface area contributed by atoms with Crippen molar-refractivity contribution < 1.29 is 23.9 Å². The summed E-state index contributed by atoms with van der Waals surface area (Å²) in [6.07, 6.45) is 0. The minimum absolute atomic E-state index is 0.192. The quantitative estimate of drug-likeness (QED) is 0.363. The van der Waals surface area contributed by atoms with Crippen LogP contribution in [-0.4, -0.2) is 39.8 Å². The van der Waals surface area contributed by atoms with Gasteiger partial charge in [0.1, 0.15) is 5.60 Å². The third-order valence-electron chi connectivity index (χ3n) is 1.74. The van der Waals surface area contributed by atoms with Crippen LogP contribution in [0.3, 0.4) is 0 Å². The van der Waals surface area contributed by atoms with Crippen molar-refractivity contribution in [2.75, 3.05) is 12.2 Å². The van der Waals surface area contributed by atoms with E-state index in [1.807, 2.05) is 0 Å². The number of ether oxygens (including phenoxy) is 2. The largest absolute Gasteiger partial charge is 0.463 e. The first-order valence-electron chi connectivity index (χ1n) is 5.18. The van der Waals surface area contributed by atoms with Crippen molar-refractivity contribution in [3.63, 3.8) is 0 Å². The first-order chi connectivity index (χ1) is 8.65. The van der Waals surface area contributed by atoms with E-state index in [2.05, 4.69) is 14.1 Å². The molecule has 0 bridgehead atoms. The first-order valence-corrected chi connectivity index (χ1v) is 6.42. The highest BCUT2D eigenvalue weighted by atomic mass is 32.2. The summed E-state index contributed by atoms with van der Waals surface area (Å²) in [5.74, 6) is -3.39. The SMILES string of the molecule is COC(=O)C(=O)c1nc(C(=O)OC(C)(C)C)[s+](N)n1. The lowest BCUT2D eigenvalue weighted by Gasteiger charge is -2.17. The van der Waals surface area contributed by atoms with Crippen molar-refractivity contribution >= 4 is 28.6 Å². The molecule has 104 valence electrons. The molecule has 0 saturated carbocycles. The van der Waals surface area contributed by atoms with E-state index < -0.39 is 40.0 Å². The maximum atomic E-state index is 11.8. The van der Waals surface area contributed by atoms with Gasteiger partial charge in [0.25, 0.3) is 5.82 Å². The Balaban J connectivity index is 3.00. The molecule has 0 spiro atoms. The van der Waals surface area contributed by atoms with E-state index in [0.29, 0.717) is 0 Å². The Morgan fingerprint density at radius 1 is 1.26 bits per heavy atom. The highest BCUT2D eigenvalue weighted by Gasteiger charge is 2.35. The van der Waals surface area contributed by atoms with E-state index in [9.17, 15) is 14.4 Å². The number of nitrogen functional groups attached to an aromatic ring is 1. The molecule has 19 heavy (non-hydrogen) atoms. The Morgan fingerprint density at radius 3 is 2.32 bits per heavy atom. The molecule has 0 radical (unpaired) electrons. The predicted octanol–water partition coefficient (Wildman–Crippen LogP) is 0.250. The van der Waals surface area contributed by atoms with Gasteiger partial charge in [0, 0.05) is 4.37 Å². The first kappa shape index (κ1) is 15.2. The lowest BCUT2D eigenvalue weighted by atomic mass is 10.2. The molecule has 0 aliphatic rings. The lowest BCUT2D eigenvalue weighted by molar-refractivity contribution is -0.135. The number of esters is 2. The molecule has 1 atom stereocenters. The Labute approximate surface area is 112 Å². The van der Waals surface area contributed by atoms with Crippen molar-refractivity contribution in [1.82, 2.24) is 9.36 Å². The van der Waals surface area contributed by atoms with Crippen molar-refractivity contribution in [1.29, 1.82) is 0 Å². The van der Waals surface area contributed by atoms with Gasteiger partial charge in [0.05, 0.1) is 7.11 Å². The van der Waals surface area contributed by atoms with Crippen LogP contribution in [0.1, 0.15) is 41.2 Å². The highest BCUT2D eigenvalue weighted by molar-refractivity contribution is 7.27. The molecule has 2 N–H and O–H groups in total. The number of ketones is 1. The molecule has 0 aromatic carbocycles. The second-order valence-corrected chi connectivity index (χ2v) is 5.67. The van der Waals surface area contributed by atoms with E-state index in [4.69, 9.17) is 9.88 Å². The maximum Gasteiger partial charge on any atom is 0.417 e. The van der Waals surface area contributed by atoms with Gasteiger partial charge in [-0.3, -0.25) is 4.79 Å². The summed E-state index contributed by atoms with van der Waals surface area (Å²) in [5, 5.41) is 5.38. The highest BCUT2D eigenvalue weighted by Crippen LogP contribution is 2.18. The van der Waals surface area contributed by atoms with E-state index in [-0.39, 0.29) is 5.01 Å². The van der Waals surface area contributed by atoms with Crippen molar-refractivity contribution in [2.45, 2.75) is 26.4 Å². The number of hydrogen-bond donors (Lipinski definition) is 1. The van der Waals surface area contributed by atoms with Gasteiger partial charge in [-0.05, 0) is 20.8 Å². The molecule has 1 aromatic heterocycles. The molecule has 0 fully saturated rings. The van der Waals surface area contributed by atoms with E-state index in [0.717, 1.165) is 7.11 Å². The number of Topliss-reactive ketones (excluding diaryl/α,β-unsaturated/α-hetero) is 1. The molecule has 0 aliphatic carbocycles. The molecule has 8 nitrogen and oxygen atoms in total.